The Morgan fingerprint density at radius 1 is 1.11 bits per heavy atom. The summed E-state index contributed by atoms with van der Waals surface area (Å²) >= 11 is 0. The molecule has 38 heavy (non-hydrogen) atoms. The number of benzene rings is 1. The van der Waals surface area contributed by atoms with Gasteiger partial charge in [-0.1, -0.05) is 58.0 Å². The summed E-state index contributed by atoms with van der Waals surface area (Å²) in [6.45, 7) is 11.1. The van der Waals surface area contributed by atoms with E-state index in [0.717, 1.165) is 12.0 Å². The summed E-state index contributed by atoms with van der Waals surface area (Å²) in [6.07, 6.45) is 7.60. The Morgan fingerprint density at radius 2 is 1.87 bits per heavy atom. The lowest BCUT2D eigenvalue weighted by Gasteiger charge is -2.64. The molecule has 2 aromatic rings. The molecule has 4 aliphatic rings. The molecule has 2 heterocycles. The highest BCUT2D eigenvalue weighted by atomic mass is 16.7. The summed E-state index contributed by atoms with van der Waals surface area (Å²) in [6, 6.07) is 8.87. The van der Waals surface area contributed by atoms with Crippen LogP contribution in [-0.2, 0) is 20.5 Å². The van der Waals surface area contributed by atoms with Crippen LogP contribution in [0.1, 0.15) is 69.9 Å². The molecule has 1 aromatic heterocycles. The summed E-state index contributed by atoms with van der Waals surface area (Å²) in [4.78, 5) is 34.8. The van der Waals surface area contributed by atoms with E-state index in [2.05, 4.69) is 55.2 Å². The lowest BCUT2D eigenvalue weighted by Crippen LogP contribution is -2.65. The van der Waals surface area contributed by atoms with Gasteiger partial charge in [-0.15, -0.1) is 0 Å². The molecule has 6 rings (SSSR count). The number of amides is 2. The first kappa shape index (κ1) is 26.8. The van der Waals surface area contributed by atoms with Crippen molar-refractivity contribution >= 4 is 18.9 Å². The monoisotopic (exact) mass is 518 g/mol. The molecule has 8 nitrogen and oxygen atoms in total. The predicted molar refractivity (Wildman–Crippen MR) is 145 cm³/mol. The number of hydrogen-bond acceptors (Lipinski definition) is 6. The molecule has 4 fully saturated rings. The number of rotatable bonds is 9. The zero-order valence-corrected chi connectivity index (χ0v) is 23.0. The standard InChI is InChI=1S/C29H39BN4O4/c1-18(2)13-25(30-37-24-16-20-15-23(28(20,3)4)29(24,5)38-30)34-26(35)21(14-19-9-7-6-8-10-19)33-27(36)22-17-31-11-12-32-22/h6-12,17-18,20-21,23-25H,13-16H2,1-5H3,(H,33,36)(H,34,35)/t20?,21-,23?,24?,25?,29?/m0/s1. The van der Waals surface area contributed by atoms with Crippen LogP contribution in [0.25, 0.3) is 0 Å². The van der Waals surface area contributed by atoms with Gasteiger partial charge in [0.05, 0.1) is 23.8 Å². The van der Waals surface area contributed by atoms with E-state index in [0.29, 0.717) is 30.6 Å². The molecule has 9 heteroatoms. The Hall–Kier alpha value is -2.78. The normalized spacial score (nSPS) is 28.7. The van der Waals surface area contributed by atoms with E-state index in [1.807, 2.05) is 30.3 Å². The second-order valence-corrected chi connectivity index (χ2v) is 12.4. The molecule has 2 bridgehead atoms. The van der Waals surface area contributed by atoms with Crippen LogP contribution in [0, 0.1) is 23.2 Å². The van der Waals surface area contributed by atoms with Crippen molar-refractivity contribution in [2.45, 2.75) is 84.0 Å². The molecule has 3 aliphatic carbocycles. The van der Waals surface area contributed by atoms with E-state index in [1.165, 1.54) is 25.0 Å². The fourth-order valence-electron chi connectivity index (χ4n) is 6.81. The molecule has 3 saturated carbocycles. The van der Waals surface area contributed by atoms with Crippen LogP contribution in [0.2, 0.25) is 0 Å². The Bertz CT molecular complexity index is 1150. The maximum Gasteiger partial charge on any atom is 0.481 e. The van der Waals surface area contributed by atoms with Gasteiger partial charge in [-0.2, -0.15) is 0 Å². The number of aromatic nitrogens is 2. The van der Waals surface area contributed by atoms with Crippen LogP contribution < -0.4 is 10.6 Å². The van der Waals surface area contributed by atoms with E-state index >= 15 is 0 Å². The first-order valence-corrected chi connectivity index (χ1v) is 13.8. The van der Waals surface area contributed by atoms with Crippen molar-refractivity contribution in [1.29, 1.82) is 0 Å². The number of carbonyl (C=O) groups is 2. The van der Waals surface area contributed by atoms with Gasteiger partial charge in [0.25, 0.3) is 5.91 Å². The highest BCUT2D eigenvalue weighted by Gasteiger charge is 2.68. The van der Waals surface area contributed by atoms with Gasteiger partial charge >= 0.3 is 7.12 Å². The Labute approximate surface area is 225 Å². The zero-order chi connectivity index (χ0) is 27.1. The number of hydrogen-bond donors (Lipinski definition) is 2. The topological polar surface area (TPSA) is 102 Å². The molecule has 1 aromatic carbocycles. The third-order valence-corrected chi connectivity index (χ3v) is 9.05. The average Bonchev–Trinajstić information content (AvgIpc) is 3.26. The minimum atomic E-state index is -0.799. The van der Waals surface area contributed by atoms with E-state index in [4.69, 9.17) is 9.31 Å². The minimum absolute atomic E-state index is 0.0345. The van der Waals surface area contributed by atoms with E-state index in [9.17, 15) is 9.59 Å². The molecule has 2 amide bonds. The molecule has 5 unspecified atom stereocenters. The fourth-order valence-corrected chi connectivity index (χ4v) is 6.81. The van der Waals surface area contributed by atoms with Crippen LogP contribution >= 0.6 is 0 Å². The third kappa shape index (κ3) is 5.10. The molecule has 1 saturated heterocycles. The van der Waals surface area contributed by atoms with E-state index in [1.54, 1.807) is 0 Å². The lowest BCUT2D eigenvalue weighted by atomic mass is 9.43. The van der Waals surface area contributed by atoms with Gasteiger partial charge < -0.3 is 19.9 Å². The number of carbonyl (C=O) groups excluding carboxylic acids is 2. The van der Waals surface area contributed by atoms with Gasteiger partial charge in [0, 0.05) is 18.8 Å². The van der Waals surface area contributed by atoms with Gasteiger partial charge in [0.1, 0.15) is 11.7 Å². The first-order valence-electron chi connectivity index (χ1n) is 13.8. The quantitative estimate of drug-likeness (QED) is 0.492. The van der Waals surface area contributed by atoms with Crippen molar-refractivity contribution in [3.8, 4) is 0 Å². The van der Waals surface area contributed by atoms with Crippen molar-refractivity contribution in [1.82, 2.24) is 20.6 Å². The second kappa shape index (κ2) is 10.4. The van der Waals surface area contributed by atoms with Crippen LogP contribution in [0.4, 0.5) is 0 Å². The number of nitrogens with one attached hydrogen (secondary N) is 2. The zero-order valence-electron chi connectivity index (χ0n) is 23.0. The SMILES string of the molecule is CC(C)CC(NC(=O)[C@H](Cc1ccccc1)NC(=O)c1cnccn1)B1OC2CC3CC(C3(C)C)C2(C)O1. The number of nitrogens with zero attached hydrogens (tertiary/aromatic N) is 2. The fraction of sp³-hybridized carbons (Fsp3) is 0.586. The lowest BCUT2D eigenvalue weighted by molar-refractivity contribution is -0.199. The van der Waals surface area contributed by atoms with Gasteiger partial charge in [-0.3, -0.25) is 14.6 Å². The summed E-state index contributed by atoms with van der Waals surface area (Å²) in [7, 11) is -0.528. The van der Waals surface area contributed by atoms with Crippen LogP contribution in [0.3, 0.4) is 0 Å². The summed E-state index contributed by atoms with van der Waals surface area (Å²) < 4.78 is 13.2. The van der Waals surface area contributed by atoms with E-state index in [-0.39, 0.29) is 34.7 Å². The molecule has 202 valence electrons. The first-order chi connectivity index (χ1) is 18.1. The smallest absolute Gasteiger partial charge is 0.404 e. The van der Waals surface area contributed by atoms with Crippen molar-refractivity contribution < 1.29 is 18.9 Å². The third-order valence-electron chi connectivity index (χ3n) is 9.05. The van der Waals surface area contributed by atoms with Crippen molar-refractivity contribution in [2.24, 2.45) is 23.2 Å². The maximum atomic E-state index is 13.8. The summed E-state index contributed by atoms with van der Waals surface area (Å²) in [5.74, 6) is 0.359. The Kier molecular flexibility index (Phi) is 7.35. The highest BCUT2D eigenvalue weighted by Crippen LogP contribution is 2.65. The van der Waals surface area contributed by atoms with Gasteiger partial charge in [0.2, 0.25) is 5.91 Å². The molecule has 2 N–H and O–H groups in total. The molecule has 0 spiro atoms. The van der Waals surface area contributed by atoms with Crippen molar-refractivity contribution in [3.05, 3.63) is 60.2 Å². The van der Waals surface area contributed by atoms with E-state index < -0.39 is 19.1 Å². The highest BCUT2D eigenvalue weighted by molar-refractivity contribution is 6.48. The van der Waals surface area contributed by atoms with Gasteiger partial charge in [-0.25, -0.2) is 4.98 Å². The van der Waals surface area contributed by atoms with Crippen molar-refractivity contribution in [2.75, 3.05) is 0 Å². The summed E-state index contributed by atoms with van der Waals surface area (Å²) in [5, 5.41) is 6.08. The van der Waals surface area contributed by atoms with Gasteiger partial charge in [0.15, 0.2) is 0 Å². The van der Waals surface area contributed by atoms with Gasteiger partial charge in [-0.05, 0) is 54.9 Å². The average molecular weight is 518 g/mol. The largest absolute Gasteiger partial charge is 0.481 e. The molecule has 0 radical (unpaired) electrons. The predicted octanol–water partition coefficient (Wildman–Crippen LogP) is 3.62. The van der Waals surface area contributed by atoms with Crippen LogP contribution in [0.15, 0.2) is 48.9 Å². The maximum absolute atomic E-state index is 13.8. The van der Waals surface area contributed by atoms with Crippen molar-refractivity contribution in [3.63, 3.8) is 0 Å². The van der Waals surface area contributed by atoms with Crippen LogP contribution in [-0.4, -0.2) is 52.6 Å². The summed E-state index contributed by atoms with van der Waals surface area (Å²) in [5.41, 5.74) is 0.998. The second-order valence-electron chi connectivity index (χ2n) is 12.4. The molecule has 6 atom stereocenters. The Balaban J connectivity index is 1.34. The molecular formula is C29H39BN4O4. The van der Waals surface area contributed by atoms with Crippen LogP contribution in [0.5, 0.6) is 0 Å². The minimum Gasteiger partial charge on any atom is -0.404 e. The molecule has 1 aliphatic heterocycles. The molecular weight excluding hydrogens is 479 g/mol. The Morgan fingerprint density at radius 3 is 2.53 bits per heavy atom.